The van der Waals surface area contributed by atoms with Crippen LogP contribution < -0.4 is 10.1 Å². The molecule has 0 radical (unpaired) electrons. The summed E-state index contributed by atoms with van der Waals surface area (Å²) < 4.78 is 5.16. The van der Waals surface area contributed by atoms with Crippen LogP contribution in [-0.4, -0.2) is 25.3 Å². The molecule has 3 nitrogen and oxygen atoms in total. The fourth-order valence-electron chi connectivity index (χ4n) is 2.17. The van der Waals surface area contributed by atoms with Crippen LogP contribution in [0.3, 0.4) is 0 Å². The molecule has 2 aromatic carbocycles. The van der Waals surface area contributed by atoms with Gasteiger partial charge < -0.3 is 10.1 Å². The van der Waals surface area contributed by atoms with E-state index in [9.17, 15) is 4.79 Å². The molecule has 0 aliphatic heterocycles. The molecule has 4 heteroatoms. The number of thioether (sulfide) groups is 1. The van der Waals surface area contributed by atoms with Crippen molar-refractivity contribution in [1.82, 2.24) is 5.32 Å². The van der Waals surface area contributed by atoms with Crippen LogP contribution in [0.5, 0.6) is 5.75 Å². The van der Waals surface area contributed by atoms with Crippen molar-refractivity contribution in [2.75, 3.05) is 19.4 Å². The van der Waals surface area contributed by atoms with Gasteiger partial charge in [-0.1, -0.05) is 42.0 Å². The molecule has 1 amide bonds. The highest BCUT2D eigenvalue weighted by Crippen LogP contribution is 2.13. The molecule has 0 spiro atoms. The minimum Gasteiger partial charge on any atom is -0.497 e. The second kappa shape index (κ2) is 9.26. The smallest absolute Gasteiger partial charge is 0.224 e. The predicted molar refractivity (Wildman–Crippen MR) is 97.0 cm³/mol. The van der Waals surface area contributed by atoms with Crippen molar-refractivity contribution in [2.45, 2.75) is 19.1 Å². The highest BCUT2D eigenvalue weighted by molar-refractivity contribution is 7.98. The molecular weight excluding hydrogens is 306 g/mol. The predicted octanol–water partition coefficient (Wildman–Crippen LogP) is 3.60. The molecule has 2 rings (SSSR count). The highest BCUT2D eigenvalue weighted by atomic mass is 32.2. The zero-order valence-electron chi connectivity index (χ0n) is 13.7. The van der Waals surface area contributed by atoms with E-state index in [1.54, 1.807) is 7.11 Å². The first kappa shape index (κ1) is 17.4. The summed E-state index contributed by atoms with van der Waals surface area (Å²) in [6.45, 7) is 2.79. The normalized spacial score (nSPS) is 10.3. The number of rotatable bonds is 8. The summed E-state index contributed by atoms with van der Waals surface area (Å²) in [5.41, 5.74) is 3.57. The minimum absolute atomic E-state index is 0.0502. The second-order valence-electron chi connectivity index (χ2n) is 5.42. The quantitative estimate of drug-likeness (QED) is 0.752. The van der Waals surface area contributed by atoms with Crippen LogP contribution in [-0.2, 0) is 17.0 Å². The Morgan fingerprint density at radius 1 is 1.13 bits per heavy atom. The van der Waals surface area contributed by atoms with Gasteiger partial charge in [-0.2, -0.15) is 11.8 Å². The molecule has 23 heavy (non-hydrogen) atoms. The van der Waals surface area contributed by atoms with Crippen LogP contribution >= 0.6 is 11.8 Å². The van der Waals surface area contributed by atoms with Gasteiger partial charge in [-0.15, -0.1) is 0 Å². The zero-order chi connectivity index (χ0) is 16.5. The Morgan fingerprint density at radius 2 is 1.91 bits per heavy atom. The lowest BCUT2D eigenvalue weighted by atomic mass is 10.1. The molecule has 0 saturated heterocycles. The molecule has 0 saturated carbocycles. The maximum Gasteiger partial charge on any atom is 0.224 e. The Labute approximate surface area is 142 Å². The standard InChI is InChI=1S/C19H23NO2S/c1-15-6-8-16(9-7-15)14-23-11-10-20-19(21)13-17-4-3-5-18(12-17)22-2/h3-9,12H,10-11,13-14H2,1-2H3,(H,20,21). The molecule has 0 bridgehead atoms. The topological polar surface area (TPSA) is 38.3 Å². The van der Waals surface area contributed by atoms with Gasteiger partial charge in [0.25, 0.3) is 0 Å². The summed E-state index contributed by atoms with van der Waals surface area (Å²) in [6, 6.07) is 16.2. The second-order valence-corrected chi connectivity index (χ2v) is 6.52. The van der Waals surface area contributed by atoms with E-state index in [-0.39, 0.29) is 5.91 Å². The third kappa shape index (κ3) is 6.37. The average molecular weight is 329 g/mol. The van der Waals surface area contributed by atoms with Crippen molar-refractivity contribution in [3.05, 3.63) is 65.2 Å². The van der Waals surface area contributed by atoms with E-state index < -0.39 is 0 Å². The van der Waals surface area contributed by atoms with Crippen LogP contribution in [0.2, 0.25) is 0 Å². The molecule has 0 aliphatic carbocycles. The monoisotopic (exact) mass is 329 g/mol. The summed E-state index contributed by atoms with van der Waals surface area (Å²) in [7, 11) is 1.63. The Morgan fingerprint density at radius 3 is 2.65 bits per heavy atom. The maximum absolute atomic E-state index is 11.9. The number of carbonyl (C=O) groups is 1. The molecule has 0 aromatic heterocycles. The van der Waals surface area contributed by atoms with E-state index in [4.69, 9.17) is 4.74 Å². The molecule has 0 fully saturated rings. The Bertz CT molecular complexity index is 626. The van der Waals surface area contributed by atoms with Gasteiger partial charge in [-0.25, -0.2) is 0 Å². The first-order valence-electron chi connectivity index (χ1n) is 7.70. The van der Waals surface area contributed by atoms with Crippen molar-refractivity contribution in [1.29, 1.82) is 0 Å². The summed E-state index contributed by atoms with van der Waals surface area (Å²) in [5.74, 6) is 2.72. The molecule has 0 aliphatic rings. The van der Waals surface area contributed by atoms with Crippen LogP contribution in [0.25, 0.3) is 0 Å². The molecule has 2 aromatic rings. The molecule has 0 atom stereocenters. The number of aryl methyl sites for hydroxylation is 1. The number of benzene rings is 2. The number of amides is 1. The molecule has 1 N–H and O–H groups in total. The van der Waals surface area contributed by atoms with Crippen molar-refractivity contribution in [3.63, 3.8) is 0 Å². The van der Waals surface area contributed by atoms with E-state index in [0.717, 1.165) is 22.8 Å². The lowest BCUT2D eigenvalue weighted by molar-refractivity contribution is -0.120. The molecular formula is C19H23NO2S. The summed E-state index contributed by atoms with van der Waals surface area (Å²) in [6.07, 6.45) is 0.389. The van der Waals surface area contributed by atoms with Crippen LogP contribution in [0.4, 0.5) is 0 Å². The minimum atomic E-state index is 0.0502. The summed E-state index contributed by atoms with van der Waals surface area (Å²) >= 11 is 1.83. The molecule has 0 unspecified atom stereocenters. The van der Waals surface area contributed by atoms with E-state index >= 15 is 0 Å². The lowest BCUT2D eigenvalue weighted by Gasteiger charge is -2.07. The van der Waals surface area contributed by atoms with Crippen LogP contribution in [0, 0.1) is 6.92 Å². The van der Waals surface area contributed by atoms with Crippen molar-refractivity contribution in [2.24, 2.45) is 0 Å². The Hall–Kier alpha value is -1.94. The summed E-state index contributed by atoms with van der Waals surface area (Å²) in [4.78, 5) is 11.9. The number of hydrogen-bond donors (Lipinski definition) is 1. The number of hydrogen-bond acceptors (Lipinski definition) is 3. The Kier molecular flexibility index (Phi) is 7.01. The fraction of sp³-hybridized carbons (Fsp3) is 0.316. The molecule has 122 valence electrons. The number of ether oxygens (including phenoxy) is 1. The van der Waals surface area contributed by atoms with Gasteiger partial charge in [0.05, 0.1) is 13.5 Å². The fourth-order valence-corrected chi connectivity index (χ4v) is 2.99. The van der Waals surface area contributed by atoms with Gasteiger partial charge in [0.2, 0.25) is 5.91 Å². The van der Waals surface area contributed by atoms with E-state index in [1.165, 1.54) is 11.1 Å². The Balaban J connectivity index is 1.63. The van der Waals surface area contributed by atoms with Crippen molar-refractivity contribution in [3.8, 4) is 5.75 Å². The SMILES string of the molecule is COc1cccc(CC(=O)NCCSCc2ccc(C)cc2)c1. The van der Waals surface area contributed by atoms with Gasteiger partial charge in [0, 0.05) is 18.1 Å². The lowest BCUT2D eigenvalue weighted by Crippen LogP contribution is -2.27. The van der Waals surface area contributed by atoms with E-state index in [2.05, 4.69) is 36.5 Å². The van der Waals surface area contributed by atoms with E-state index in [0.29, 0.717) is 13.0 Å². The van der Waals surface area contributed by atoms with Gasteiger partial charge in [0.1, 0.15) is 5.75 Å². The number of nitrogens with one attached hydrogen (secondary N) is 1. The molecule has 0 heterocycles. The van der Waals surface area contributed by atoms with Gasteiger partial charge >= 0.3 is 0 Å². The van der Waals surface area contributed by atoms with Gasteiger partial charge in [-0.05, 0) is 30.2 Å². The third-order valence-corrected chi connectivity index (χ3v) is 4.49. The first-order chi connectivity index (χ1) is 11.2. The summed E-state index contributed by atoms with van der Waals surface area (Å²) in [5, 5.41) is 2.96. The van der Waals surface area contributed by atoms with Crippen LogP contribution in [0.1, 0.15) is 16.7 Å². The van der Waals surface area contributed by atoms with Crippen molar-refractivity contribution < 1.29 is 9.53 Å². The van der Waals surface area contributed by atoms with Gasteiger partial charge in [-0.3, -0.25) is 4.79 Å². The third-order valence-electron chi connectivity index (χ3n) is 3.46. The van der Waals surface area contributed by atoms with Crippen LogP contribution in [0.15, 0.2) is 48.5 Å². The van der Waals surface area contributed by atoms with Crippen molar-refractivity contribution >= 4 is 17.7 Å². The number of carbonyl (C=O) groups excluding carboxylic acids is 1. The van der Waals surface area contributed by atoms with E-state index in [1.807, 2.05) is 36.0 Å². The highest BCUT2D eigenvalue weighted by Gasteiger charge is 2.04. The average Bonchev–Trinajstić information content (AvgIpc) is 2.56. The maximum atomic E-state index is 11.9. The zero-order valence-corrected chi connectivity index (χ0v) is 14.5. The van der Waals surface area contributed by atoms with Gasteiger partial charge in [0.15, 0.2) is 0 Å². The first-order valence-corrected chi connectivity index (χ1v) is 8.86. The number of methoxy groups -OCH3 is 1. The largest absolute Gasteiger partial charge is 0.497 e.